The monoisotopic (exact) mass is 279 g/mol. The molecule has 0 aromatic carbocycles. The fraction of sp³-hybridized carbons (Fsp3) is 0.800. The molecule has 0 aliphatic carbocycles. The topological polar surface area (TPSA) is 50.3 Å². The molecule has 1 aromatic rings. The molecule has 2 N–H and O–H groups in total. The molecule has 0 spiro atoms. The summed E-state index contributed by atoms with van der Waals surface area (Å²) in [4.78, 5) is 4.97. The Morgan fingerprint density at radius 3 is 2.95 bits per heavy atom. The molecule has 2 rings (SSSR count). The molecule has 2 unspecified atom stereocenters. The van der Waals surface area contributed by atoms with Crippen LogP contribution in [0, 0.1) is 0 Å². The van der Waals surface area contributed by atoms with E-state index in [0.717, 1.165) is 26.1 Å². The number of aryl methyl sites for hydroxylation is 1. The summed E-state index contributed by atoms with van der Waals surface area (Å²) >= 11 is 0. The zero-order chi connectivity index (χ0) is 14.5. The van der Waals surface area contributed by atoms with Crippen LogP contribution < -0.4 is 5.73 Å². The van der Waals surface area contributed by atoms with Crippen molar-refractivity contribution in [3.63, 3.8) is 0 Å². The van der Waals surface area contributed by atoms with Crippen LogP contribution in [0.4, 0.5) is 0 Å². The van der Waals surface area contributed by atoms with Gasteiger partial charge in [0.25, 0.3) is 0 Å². The number of nitrogens with zero attached hydrogens (tertiary/aromatic N) is 4. The number of aromatic nitrogens is 2. The highest BCUT2D eigenvalue weighted by atomic mass is 15.3. The highest BCUT2D eigenvalue weighted by molar-refractivity contribution is 5.12. The van der Waals surface area contributed by atoms with Gasteiger partial charge in [-0.05, 0) is 33.4 Å². The minimum absolute atomic E-state index is 0.294. The molecule has 5 heteroatoms. The third-order valence-electron chi connectivity index (χ3n) is 4.21. The van der Waals surface area contributed by atoms with Gasteiger partial charge < -0.3 is 10.6 Å². The van der Waals surface area contributed by atoms with E-state index in [1.165, 1.54) is 18.5 Å². The third kappa shape index (κ3) is 3.59. The Balaban J connectivity index is 2.12. The van der Waals surface area contributed by atoms with E-state index in [4.69, 9.17) is 5.73 Å². The Hall–Kier alpha value is -0.910. The van der Waals surface area contributed by atoms with Crippen LogP contribution in [0.2, 0.25) is 0 Å². The van der Waals surface area contributed by atoms with Crippen molar-refractivity contribution in [2.75, 3.05) is 33.2 Å². The molecule has 2 atom stereocenters. The van der Waals surface area contributed by atoms with E-state index in [9.17, 15) is 0 Å². The van der Waals surface area contributed by atoms with Gasteiger partial charge in [-0.15, -0.1) is 0 Å². The van der Waals surface area contributed by atoms with Crippen LogP contribution in [0.25, 0.3) is 0 Å². The molecule has 114 valence electrons. The van der Waals surface area contributed by atoms with Crippen molar-refractivity contribution in [2.24, 2.45) is 5.73 Å². The summed E-state index contributed by atoms with van der Waals surface area (Å²) in [7, 11) is 2.21. The number of hydrogen-bond acceptors (Lipinski definition) is 4. The molecule has 0 saturated carbocycles. The van der Waals surface area contributed by atoms with Crippen molar-refractivity contribution in [1.82, 2.24) is 19.6 Å². The van der Waals surface area contributed by atoms with Crippen molar-refractivity contribution in [1.29, 1.82) is 0 Å². The van der Waals surface area contributed by atoms with E-state index in [0.29, 0.717) is 18.6 Å². The molecule has 2 heterocycles. The van der Waals surface area contributed by atoms with Crippen LogP contribution in [-0.4, -0.2) is 58.8 Å². The van der Waals surface area contributed by atoms with Crippen molar-refractivity contribution in [3.8, 4) is 0 Å². The molecule has 0 bridgehead atoms. The molecule has 1 saturated heterocycles. The summed E-state index contributed by atoms with van der Waals surface area (Å²) < 4.78 is 2.03. The van der Waals surface area contributed by atoms with E-state index >= 15 is 0 Å². The summed E-state index contributed by atoms with van der Waals surface area (Å²) in [6.45, 7) is 9.52. The molecule has 5 nitrogen and oxygen atoms in total. The first-order valence-corrected chi connectivity index (χ1v) is 7.82. The summed E-state index contributed by atoms with van der Waals surface area (Å²) in [5.74, 6) is 0. The Bertz CT molecular complexity index is 403. The van der Waals surface area contributed by atoms with Crippen LogP contribution in [0.1, 0.15) is 38.3 Å². The Kier molecular flexibility index (Phi) is 5.57. The lowest BCUT2D eigenvalue weighted by Gasteiger charge is -2.34. The lowest BCUT2D eigenvalue weighted by Crippen LogP contribution is -2.42. The second-order valence-corrected chi connectivity index (χ2v) is 5.99. The zero-order valence-electron chi connectivity index (χ0n) is 13.1. The van der Waals surface area contributed by atoms with Gasteiger partial charge in [-0.25, -0.2) is 0 Å². The maximum absolute atomic E-state index is 6.07. The molecule has 1 aromatic heterocycles. The first-order chi connectivity index (χ1) is 9.65. The normalized spacial score (nSPS) is 23.7. The standard InChI is InChI=1S/C15H29N5/c1-4-6-19-12-14(10-17-19)15(9-16)20-8-5-7-18(3)11-13(20)2/h10,12-13,15H,4-9,11,16H2,1-3H3. The van der Waals surface area contributed by atoms with Gasteiger partial charge in [-0.2, -0.15) is 5.10 Å². The van der Waals surface area contributed by atoms with Gasteiger partial charge in [0.05, 0.1) is 12.2 Å². The van der Waals surface area contributed by atoms with E-state index in [1.54, 1.807) is 0 Å². The van der Waals surface area contributed by atoms with E-state index in [-0.39, 0.29) is 0 Å². The average molecular weight is 279 g/mol. The van der Waals surface area contributed by atoms with Crippen LogP contribution >= 0.6 is 0 Å². The van der Waals surface area contributed by atoms with Crippen LogP contribution in [0.15, 0.2) is 12.4 Å². The first kappa shape index (κ1) is 15.5. The Morgan fingerprint density at radius 1 is 1.45 bits per heavy atom. The van der Waals surface area contributed by atoms with E-state index in [1.807, 2.05) is 10.9 Å². The van der Waals surface area contributed by atoms with E-state index < -0.39 is 0 Å². The summed E-state index contributed by atoms with van der Waals surface area (Å²) in [5.41, 5.74) is 7.34. The van der Waals surface area contributed by atoms with Gasteiger partial charge in [0, 0.05) is 44.0 Å². The molecule has 20 heavy (non-hydrogen) atoms. The largest absolute Gasteiger partial charge is 0.329 e. The minimum Gasteiger partial charge on any atom is -0.329 e. The smallest absolute Gasteiger partial charge is 0.0538 e. The molecule has 1 aliphatic heterocycles. The number of rotatable bonds is 5. The Morgan fingerprint density at radius 2 is 2.25 bits per heavy atom. The SMILES string of the molecule is CCCn1cc(C(CN)N2CCCN(C)CC2C)cn1. The van der Waals surface area contributed by atoms with Crippen LogP contribution in [0.3, 0.4) is 0 Å². The predicted molar refractivity (Wildman–Crippen MR) is 82.6 cm³/mol. The van der Waals surface area contributed by atoms with Gasteiger partial charge >= 0.3 is 0 Å². The molecule has 1 aliphatic rings. The molecule has 0 amide bonds. The lowest BCUT2D eigenvalue weighted by atomic mass is 10.1. The zero-order valence-corrected chi connectivity index (χ0v) is 13.1. The van der Waals surface area contributed by atoms with Crippen molar-refractivity contribution in [2.45, 2.75) is 45.3 Å². The third-order valence-corrected chi connectivity index (χ3v) is 4.21. The summed E-state index contributed by atoms with van der Waals surface area (Å²) in [6, 6.07) is 0.827. The quantitative estimate of drug-likeness (QED) is 0.883. The second kappa shape index (κ2) is 7.20. The van der Waals surface area contributed by atoms with Gasteiger partial charge in [0.15, 0.2) is 0 Å². The summed E-state index contributed by atoms with van der Waals surface area (Å²) in [5, 5.41) is 4.46. The van der Waals surface area contributed by atoms with Crippen molar-refractivity contribution < 1.29 is 0 Å². The minimum atomic E-state index is 0.294. The summed E-state index contributed by atoms with van der Waals surface area (Å²) in [6.07, 6.45) is 6.48. The van der Waals surface area contributed by atoms with Gasteiger partial charge in [0.2, 0.25) is 0 Å². The van der Waals surface area contributed by atoms with Crippen LogP contribution in [-0.2, 0) is 6.54 Å². The maximum Gasteiger partial charge on any atom is 0.0538 e. The van der Waals surface area contributed by atoms with Crippen LogP contribution in [0.5, 0.6) is 0 Å². The number of nitrogens with two attached hydrogens (primary N) is 1. The van der Waals surface area contributed by atoms with Crippen molar-refractivity contribution in [3.05, 3.63) is 18.0 Å². The Labute approximate surface area is 122 Å². The van der Waals surface area contributed by atoms with E-state index in [2.05, 4.69) is 42.0 Å². The van der Waals surface area contributed by atoms with Gasteiger partial charge in [-0.3, -0.25) is 9.58 Å². The second-order valence-electron chi connectivity index (χ2n) is 5.99. The predicted octanol–water partition coefficient (Wildman–Crippen LogP) is 1.32. The van der Waals surface area contributed by atoms with Crippen molar-refractivity contribution >= 4 is 0 Å². The highest BCUT2D eigenvalue weighted by Gasteiger charge is 2.27. The molecular weight excluding hydrogens is 250 g/mol. The molecular formula is C15H29N5. The van der Waals surface area contributed by atoms with Gasteiger partial charge in [-0.1, -0.05) is 6.92 Å². The number of hydrogen-bond donors (Lipinski definition) is 1. The average Bonchev–Trinajstić information content (AvgIpc) is 2.79. The fourth-order valence-corrected chi connectivity index (χ4v) is 3.22. The lowest BCUT2D eigenvalue weighted by molar-refractivity contribution is 0.146. The molecule has 1 fully saturated rings. The number of likely N-dealkylation sites (N-methyl/N-ethyl adjacent to an activating group) is 1. The highest BCUT2D eigenvalue weighted by Crippen LogP contribution is 2.24. The fourth-order valence-electron chi connectivity index (χ4n) is 3.22. The maximum atomic E-state index is 6.07. The first-order valence-electron chi connectivity index (χ1n) is 7.82. The molecule has 0 radical (unpaired) electrons. The van der Waals surface area contributed by atoms with Gasteiger partial charge in [0.1, 0.15) is 0 Å².